The summed E-state index contributed by atoms with van der Waals surface area (Å²) >= 11 is 1.79. The number of fused-ring (bicyclic) bond motifs is 3. The SMILES string of the molecule is CN1C=CN(c2[c-]c(N(c3[c-]c(Oc4ccccn4)ccc3)c3ccccc3)cc3c2sc2ccccc23)[CH-]1.[Pt]. The topological polar surface area (TPSA) is 31.8 Å². The van der Waals surface area contributed by atoms with Gasteiger partial charge in [0.1, 0.15) is 0 Å². The molecule has 0 bridgehead atoms. The largest absolute Gasteiger partial charge is 0.510 e. The van der Waals surface area contributed by atoms with Crippen molar-refractivity contribution in [2.75, 3.05) is 16.8 Å². The maximum absolute atomic E-state index is 6.04. The summed E-state index contributed by atoms with van der Waals surface area (Å²) in [7, 11) is 2.03. The summed E-state index contributed by atoms with van der Waals surface area (Å²) in [6.07, 6.45) is 5.83. The number of pyridine rings is 1. The molecule has 1 aliphatic heterocycles. The molecule has 1 aliphatic rings. The molecule has 0 N–H and O–H groups in total. The van der Waals surface area contributed by atoms with Gasteiger partial charge in [0.15, 0.2) is 0 Å². The fourth-order valence-corrected chi connectivity index (χ4v) is 5.94. The first-order valence-electron chi connectivity index (χ1n) is 12.6. The number of rotatable bonds is 6. The van der Waals surface area contributed by atoms with Crippen LogP contribution in [0.3, 0.4) is 0 Å². The Bertz CT molecular complexity index is 1810. The number of thiophene rings is 1. The van der Waals surface area contributed by atoms with Crippen LogP contribution in [0.25, 0.3) is 20.2 Å². The van der Waals surface area contributed by atoms with Crippen LogP contribution in [-0.2, 0) is 21.1 Å². The number of aromatic nitrogens is 1. The van der Waals surface area contributed by atoms with Crippen LogP contribution in [0, 0.1) is 18.8 Å². The molecule has 5 nitrogen and oxygen atoms in total. The molecular weight excluding hydrogens is 696 g/mol. The minimum absolute atomic E-state index is 0. The predicted molar refractivity (Wildman–Crippen MR) is 160 cm³/mol. The first-order valence-corrected chi connectivity index (χ1v) is 13.4. The van der Waals surface area contributed by atoms with Crippen LogP contribution in [0.5, 0.6) is 11.6 Å². The molecule has 0 amide bonds. The zero-order valence-corrected chi connectivity index (χ0v) is 24.6. The maximum atomic E-state index is 6.04. The number of hydrogen-bond acceptors (Lipinski definition) is 6. The predicted octanol–water partition coefficient (Wildman–Crippen LogP) is 8.65. The van der Waals surface area contributed by atoms with Crippen LogP contribution in [0.1, 0.15) is 0 Å². The van der Waals surface area contributed by atoms with E-state index in [0.29, 0.717) is 11.6 Å². The molecule has 0 aliphatic carbocycles. The van der Waals surface area contributed by atoms with Gasteiger partial charge in [0.25, 0.3) is 0 Å². The maximum Gasteiger partial charge on any atom is 0.216 e. The van der Waals surface area contributed by atoms with Crippen LogP contribution in [0.4, 0.5) is 22.7 Å². The van der Waals surface area contributed by atoms with Gasteiger partial charge in [0, 0.05) is 49.5 Å². The van der Waals surface area contributed by atoms with Crippen molar-refractivity contribution in [3.63, 3.8) is 0 Å². The molecule has 2 aromatic heterocycles. The first kappa shape index (κ1) is 26.1. The molecule has 6 aromatic rings. The van der Waals surface area contributed by atoms with Gasteiger partial charge in [0.05, 0.1) is 0 Å². The molecule has 7 rings (SSSR count). The average molecular weight is 719 g/mol. The van der Waals surface area contributed by atoms with Crippen molar-refractivity contribution in [3.8, 4) is 11.6 Å². The van der Waals surface area contributed by atoms with Crippen LogP contribution in [0.2, 0.25) is 0 Å². The van der Waals surface area contributed by atoms with E-state index in [2.05, 4.69) is 82.2 Å². The fourth-order valence-electron chi connectivity index (χ4n) is 4.75. The summed E-state index contributed by atoms with van der Waals surface area (Å²) in [5.74, 6) is 1.12. The molecule has 0 unspecified atom stereocenters. The minimum Gasteiger partial charge on any atom is -0.510 e. The standard InChI is InChI=1S/C33H23N4OS.Pt/c1-35-18-19-36(23-35)30-22-26(21-29-28-14-5-6-15-31(28)39-33(29)30)37(24-10-3-2-4-11-24)25-12-9-13-27(20-25)38-32-16-7-8-17-34-32;/h2-19,21,23H,1H3;/q-3;. The van der Waals surface area contributed by atoms with Gasteiger partial charge in [-0.2, -0.15) is 12.7 Å². The Morgan fingerprint density at radius 3 is 2.45 bits per heavy atom. The summed E-state index contributed by atoms with van der Waals surface area (Å²) in [4.78, 5) is 10.7. The molecule has 0 radical (unpaired) electrons. The molecule has 7 heteroatoms. The van der Waals surface area contributed by atoms with E-state index >= 15 is 0 Å². The van der Waals surface area contributed by atoms with Gasteiger partial charge in [-0.15, -0.1) is 35.7 Å². The van der Waals surface area contributed by atoms with Gasteiger partial charge in [-0.05, 0) is 49.1 Å². The molecule has 4 aromatic carbocycles. The van der Waals surface area contributed by atoms with Crippen LogP contribution < -0.4 is 14.5 Å². The Hall–Kier alpha value is -4.12. The number of hydrogen-bond donors (Lipinski definition) is 0. The first-order chi connectivity index (χ1) is 19.2. The molecule has 0 saturated heterocycles. The molecule has 3 heterocycles. The van der Waals surface area contributed by atoms with Crippen molar-refractivity contribution in [1.82, 2.24) is 9.88 Å². The van der Waals surface area contributed by atoms with Gasteiger partial charge >= 0.3 is 0 Å². The zero-order valence-electron chi connectivity index (χ0n) is 21.5. The van der Waals surface area contributed by atoms with E-state index in [1.54, 1.807) is 17.5 Å². The number of anilines is 4. The summed E-state index contributed by atoms with van der Waals surface area (Å²) in [5.41, 5.74) is 3.76. The molecule has 0 saturated carbocycles. The second-order valence-electron chi connectivity index (χ2n) is 9.17. The zero-order chi connectivity index (χ0) is 26.2. The van der Waals surface area contributed by atoms with E-state index in [1.807, 2.05) is 72.7 Å². The summed E-state index contributed by atoms with van der Waals surface area (Å²) in [5, 5.41) is 2.42. The Balaban J connectivity index is 0.00000289. The van der Waals surface area contributed by atoms with Gasteiger partial charge < -0.3 is 19.4 Å². The van der Waals surface area contributed by atoms with Crippen molar-refractivity contribution in [3.05, 3.63) is 134 Å². The summed E-state index contributed by atoms with van der Waals surface area (Å²) < 4.78 is 8.49. The molecule has 0 fully saturated rings. The Labute approximate surface area is 251 Å². The van der Waals surface area contributed by atoms with Crippen molar-refractivity contribution < 1.29 is 25.8 Å². The summed E-state index contributed by atoms with van der Waals surface area (Å²) in [6, 6.07) is 39.8. The number of benzene rings is 4. The van der Waals surface area contributed by atoms with Crippen molar-refractivity contribution in [1.29, 1.82) is 0 Å². The Kier molecular flexibility index (Phi) is 7.29. The van der Waals surface area contributed by atoms with Crippen molar-refractivity contribution in [2.24, 2.45) is 0 Å². The number of para-hydroxylation sites is 1. The molecule has 0 atom stereocenters. The molecular formula is C33H23N4OPtS-3. The third kappa shape index (κ3) is 4.97. The Morgan fingerprint density at radius 1 is 0.825 bits per heavy atom. The van der Waals surface area contributed by atoms with Crippen LogP contribution in [-0.4, -0.2) is 16.9 Å². The smallest absolute Gasteiger partial charge is 0.216 e. The van der Waals surface area contributed by atoms with E-state index in [0.717, 1.165) is 22.7 Å². The van der Waals surface area contributed by atoms with Crippen LogP contribution >= 0.6 is 11.3 Å². The third-order valence-electron chi connectivity index (χ3n) is 6.51. The second kappa shape index (κ2) is 11.2. The molecule has 40 heavy (non-hydrogen) atoms. The number of ether oxygens (including phenoxy) is 1. The van der Waals surface area contributed by atoms with Gasteiger partial charge in [-0.1, -0.05) is 64.2 Å². The molecule has 200 valence electrons. The normalized spacial score (nSPS) is 12.6. The van der Waals surface area contributed by atoms with Gasteiger partial charge in [0.2, 0.25) is 5.88 Å². The quantitative estimate of drug-likeness (QED) is 0.161. The average Bonchev–Trinajstić information content (AvgIpc) is 3.58. The van der Waals surface area contributed by atoms with E-state index in [-0.39, 0.29) is 21.1 Å². The summed E-state index contributed by atoms with van der Waals surface area (Å²) in [6.45, 7) is 2.07. The number of nitrogens with zero attached hydrogens (tertiary/aromatic N) is 4. The fraction of sp³-hybridized carbons (Fsp3) is 0.0303. The monoisotopic (exact) mass is 718 g/mol. The van der Waals surface area contributed by atoms with Gasteiger partial charge in [-0.25, -0.2) is 16.3 Å². The van der Waals surface area contributed by atoms with Crippen LogP contribution in [0.15, 0.2) is 116 Å². The van der Waals surface area contributed by atoms with E-state index < -0.39 is 0 Å². The van der Waals surface area contributed by atoms with E-state index in [9.17, 15) is 0 Å². The third-order valence-corrected chi connectivity index (χ3v) is 7.70. The van der Waals surface area contributed by atoms with Crippen molar-refractivity contribution >= 4 is 54.3 Å². The Morgan fingerprint density at radius 2 is 1.65 bits per heavy atom. The molecule has 0 spiro atoms. The van der Waals surface area contributed by atoms with E-state index in [4.69, 9.17) is 4.74 Å². The van der Waals surface area contributed by atoms with Gasteiger partial charge in [-0.3, -0.25) is 0 Å². The second-order valence-corrected chi connectivity index (χ2v) is 10.2. The minimum atomic E-state index is 0. The van der Waals surface area contributed by atoms with Crippen molar-refractivity contribution in [2.45, 2.75) is 0 Å². The van der Waals surface area contributed by atoms with E-state index in [1.165, 1.54) is 20.2 Å².